The molecule has 0 bridgehead atoms. The summed E-state index contributed by atoms with van der Waals surface area (Å²) in [7, 11) is 0. The summed E-state index contributed by atoms with van der Waals surface area (Å²) in [5.74, 6) is 0.413. The van der Waals surface area contributed by atoms with Crippen molar-refractivity contribution in [3.05, 3.63) is 28.7 Å². The Morgan fingerprint density at radius 3 is 3.14 bits per heavy atom. The Labute approximate surface area is 83.4 Å². The van der Waals surface area contributed by atoms with E-state index in [0.29, 0.717) is 18.1 Å². The first kappa shape index (κ1) is 8.82. The van der Waals surface area contributed by atoms with Crippen LogP contribution in [-0.4, -0.2) is 26.1 Å². The van der Waals surface area contributed by atoms with E-state index in [1.165, 1.54) is 17.7 Å². The molecule has 14 heavy (non-hydrogen) atoms. The molecule has 0 aliphatic heterocycles. The molecule has 72 valence electrons. The van der Waals surface area contributed by atoms with E-state index >= 15 is 0 Å². The largest absolute Gasteiger partial charge is 0.343 e. The Bertz CT molecular complexity index is 396. The number of rotatable bonds is 3. The zero-order valence-electron chi connectivity index (χ0n) is 7.10. The summed E-state index contributed by atoms with van der Waals surface area (Å²) in [6.45, 7) is 0.330. The van der Waals surface area contributed by atoms with Crippen LogP contribution in [0.4, 0.5) is 0 Å². The summed E-state index contributed by atoms with van der Waals surface area (Å²) in [6.07, 6.45) is 1.39. The third-order valence-electron chi connectivity index (χ3n) is 1.55. The van der Waals surface area contributed by atoms with Crippen molar-refractivity contribution in [2.45, 2.75) is 6.54 Å². The van der Waals surface area contributed by atoms with E-state index in [1.807, 2.05) is 0 Å². The number of nitrogens with one attached hydrogen (secondary N) is 2. The van der Waals surface area contributed by atoms with Crippen molar-refractivity contribution in [2.24, 2.45) is 0 Å². The molecule has 2 aromatic rings. The van der Waals surface area contributed by atoms with Crippen molar-refractivity contribution < 1.29 is 4.79 Å². The first-order valence-corrected chi connectivity index (χ1v) is 4.81. The highest BCUT2D eigenvalue weighted by atomic mass is 32.1. The number of hydrogen-bond acceptors (Lipinski definition) is 5. The SMILES string of the molecule is O=C(NCc1ncn[nH]1)c1cscn1. The Morgan fingerprint density at radius 1 is 1.57 bits per heavy atom. The van der Waals surface area contributed by atoms with E-state index in [9.17, 15) is 4.79 Å². The predicted molar refractivity (Wildman–Crippen MR) is 49.7 cm³/mol. The first-order valence-electron chi connectivity index (χ1n) is 3.87. The molecule has 2 N–H and O–H groups in total. The Hall–Kier alpha value is -1.76. The zero-order chi connectivity index (χ0) is 9.80. The molecule has 2 aromatic heterocycles. The zero-order valence-corrected chi connectivity index (χ0v) is 7.91. The Balaban J connectivity index is 1.90. The average Bonchev–Trinajstić information content (AvgIpc) is 2.87. The van der Waals surface area contributed by atoms with Crippen LogP contribution in [0.15, 0.2) is 17.2 Å². The fourth-order valence-corrected chi connectivity index (χ4v) is 1.43. The van der Waals surface area contributed by atoms with Crippen LogP contribution < -0.4 is 5.32 Å². The lowest BCUT2D eigenvalue weighted by Gasteiger charge is -1.98. The van der Waals surface area contributed by atoms with Gasteiger partial charge in [0.15, 0.2) is 0 Å². The summed E-state index contributed by atoms with van der Waals surface area (Å²) in [6, 6.07) is 0. The number of thiazole rings is 1. The quantitative estimate of drug-likeness (QED) is 0.755. The average molecular weight is 209 g/mol. The van der Waals surface area contributed by atoms with Gasteiger partial charge in [0.05, 0.1) is 12.1 Å². The standard InChI is InChI=1S/C7H7N5OS/c13-7(5-2-14-4-10-5)8-1-6-9-3-11-12-6/h2-4H,1H2,(H,8,13)(H,9,11,12). The summed E-state index contributed by atoms with van der Waals surface area (Å²) < 4.78 is 0. The molecule has 0 saturated carbocycles. The van der Waals surface area contributed by atoms with Crippen LogP contribution in [-0.2, 0) is 6.54 Å². The molecule has 6 nitrogen and oxygen atoms in total. The van der Waals surface area contributed by atoms with Crippen molar-refractivity contribution in [3.8, 4) is 0 Å². The van der Waals surface area contributed by atoms with E-state index in [2.05, 4.69) is 25.5 Å². The van der Waals surface area contributed by atoms with E-state index in [0.717, 1.165) is 0 Å². The van der Waals surface area contributed by atoms with Crippen molar-refractivity contribution in [2.75, 3.05) is 0 Å². The number of carbonyl (C=O) groups is 1. The molecule has 0 radical (unpaired) electrons. The molecule has 2 rings (SSSR count). The van der Waals surface area contributed by atoms with Crippen molar-refractivity contribution in [1.29, 1.82) is 0 Å². The van der Waals surface area contributed by atoms with E-state index < -0.39 is 0 Å². The maximum atomic E-state index is 11.4. The molecule has 0 atom stereocenters. The highest BCUT2D eigenvalue weighted by molar-refractivity contribution is 7.07. The second kappa shape index (κ2) is 3.97. The number of nitrogens with zero attached hydrogens (tertiary/aromatic N) is 3. The van der Waals surface area contributed by atoms with Gasteiger partial charge >= 0.3 is 0 Å². The van der Waals surface area contributed by atoms with Crippen LogP contribution in [0.3, 0.4) is 0 Å². The molecule has 0 saturated heterocycles. The minimum Gasteiger partial charge on any atom is -0.343 e. The lowest BCUT2D eigenvalue weighted by molar-refractivity contribution is 0.0945. The number of aromatic amines is 1. The first-order chi connectivity index (χ1) is 6.86. The molecule has 0 unspecified atom stereocenters. The maximum absolute atomic E-state index is 11.4. The lowest BCUT2D eigenvalue weighted by Crippen LogP contribution is -2.23. The molecular weight excluding hydrogens is 202 g/mol. The van der Waals surface area contributed by atoms with Crippen molar-refractivity contribution >= 4 is 17.2 Å². The van der Waals surface area contributed by atoms with Crippen LogP contribution in [0.1, 0.15) is 16.3 Å². The number of aromatic nitrogens is 4. The summed E-state index contributed by atoms with van der Waals surface area (Å²) in [4.78, 5) is 19.1. The van der Waals surface area contributed by atoms with Gasteiger partial charge in [0.25, 0.3) is 5.91 Å². The monoisotopic (exact) mass is 209 g/mol. The topological polar surface area (TPSA) is 83.6 Å². The summed E-state index contributed by atoms with van der Waals surface area (Å²) >= 11 is 1.38. The van der Waals surface area contributed by atoms with Crippen molar-refractivity contribution in [1.82, 2.24) is 25.5 Å². The molecule has 0 aliphatic rings. The minimum absolute atomic E-state index is 0.206. The van der Waals surface area contributed by atoms with Crippen LogP contribution in [0, 0.1) is 0 Å². The third kappa shape index (κ3) is 1.94. The minimum atomic E-state index is -0.206. The highest BCUT2D eigenvalue weighted by Gasteiger charge is 2.07. The lowest BCUT2D eigenvalue weighted by atomic mass is 10.4. The maximum Gasteiger partial charge on any atom is 0.271 e. The van der Waals surface area contributed by atoms with E-state index in [1.54, 1.807) is 10.9 Å². The second-order valence-electron chi connectivity index (χ2n) is 2.49. The van der Waals surface area contributed by atoms with Gasteiger partial charge in [-0.05, 0) is 0 Å². The smallest absolute Gasteiger partial charge is 0.271 e. The molecule has 0 spiro atoms. The molecule has 7 heteroatoms. The van der Waals surface area contributed by atoms with Crippen molar-refractivity contribution in [3.63, 3.8) is 0 Å². The Kier molecular flexibility index (Phi) is 2.50. The van der Waals surface area contributed by atoms with Crippen LogP contribution in [0.25, 0.3) is 0 Å². The second-order valence-corrected chi connectivity index (χ2v) is 3.21. The molecule has 0 fully saturated rings. The molecule has 2 heterocycles. The van der Waals surface area contributed by atoms with Gasteiger partial charge < -0.3 is 5.32 Å². The van der Waals surface area contributed by atoms with E-state index in [-0.39, 0.29) is 5.91 Å². The van der Waals surface area contributed by atoms with Gasteiger partial charge in [-0.2, -0.15) is 5.10 Å². The fraction of sp³-hybridized carbons (Fsp3) is 0.143. The fourth-order valence-electron chi connectivity index (χ4n) is 0.895. The molecule has 0 aromatic carbocycles. The summed E-state index contributed by atoms with van der Waals surface area (Å²) in [5.41, 5.74) is 2.04. The number of amides is 1. The van der Waals surface area contributed by atoms with Gasteiger partial charge in [0.2, 0.25) is 0 Å². The summed E-state index contributed by atoms with van der Waals surface area (Å²) in [5, 5.41) is 10.7. The Morgan fingerprint density at radius 2 is 2.50 bits per heavy atom. The van der Waals surface area contributed by atoms with Gasteiger partial charge in [-0.1, -0.05) is 0 Å². The third-order valence-corrected chi connectivity index (χ3v) is 2.13. The molecular formula is C7H7N5OS. The number of carbonyl (C=O) groups excluding carboxylic acids is 1. The van der Waals surface area contributed by atoms with Gasteiger partial charge in [0.1, 0.15) is 17.8 Å². The van der Waals surface area contributed by atoms with Crippen LogP contribution in [0.2, 0.25) is 0 Å². The van der Waals surface area contributed by atoms with Crippen LogP contribution >= 0.6 is 11.3 Å². The van der Waals surface area contributed by atoms with E-state index in [4.69, 9.17) is 0 Å². The van der Waals surface area contributed by atoms with Gasteiger partial charge in [-0.15, -0.1) is 11.3 Å². The van der Waals surface area contributed by atoms with Gasteiger partial charge in [-0.25, -0.2) is 9.97 Å². The van der Waals surface area contributed by atoms with Gasteiger partial charge in [-0.3, -0.25) is 9.89 Å². The highest BCUT2D eigenvalue weighted by Crippen LogP contribution is 2.00. The number of hydrogen-bond donors (Lipinski definition) is 2. The van der Waals surface area contributed by atoms with Crippen LogP contribution in [0.5, 0.6) is 0 Å². The predicted octanol–water partition coefficient (Wildman–Crippen LogP) is 0.191. The number of H-pyrrole nitrogens is 1. The molecule has 1 amide bonds. The van der Waals surface area contributed by atoms with Gasteiger partial charge in [0, 0.05) is 5.38 Å². The normalized spacial score (nSPS) is 10.0. The molecule has 0 aliphatic carbocycles.